The number of aromatic nitrogens is 8. The maximum atomic E-state index is 10.7. The van der Waals surface area contributed by atoms with Gasteiger partial charge in [0.1, 0.15) is 21.5 Å². The highest BCUT2D eigenvalue weighted by atomic mass is 35.5. The first kappa shape index (κ1) is 37.2. The number of likely N-dealkylation sites (tertiary alicyclic amines) is 1. The van der Waals surface area contributed by atoms with Gasteiger partial charge in [-0.3, -0.25) is 9.36 Å². The van der Waals surface area contributed by atoms with Gasteiger partial charge in [0.25, 0.3) is 0 Å². The number of aryl methyl sites for hydroxylation is 2. The number of phenols is 2. The molecule has 0 unspecified atom stereocenters. The van der Waals surface area contributed by atoms with Crippen molar-refractivity contribution in [1.29, 1.82) is 0 Å². The van der Waals surface area contributed by atoms with Crippen LogP contribution in [-0.4, -0.2) is 114 Å². The summed E-state index contributed by atoms with van der Waals surface area (Å²) < 4.78 is 46.6. The van der Waals surface area contributed by atoms with Crippen LogP contribution in [0.25, 0.3) is 62.7 Å². The molecule has 2 aromatic carbocycles. The zero-order valence-corrected chi connectivity index (χ0v) is 38.2. The third kappa shape index (κ3) is 9.51. The van der Waals surface area contributed by atoms with Crippen LogP contribution in [0.15, 0.2) is 61.2 Å². The summed E-state index contributed by atoms with van der Waals surface area (Å²) in [6.45, 7) is -0.402. The normalized spacial score (nSPS) is 16.9. The van der Waals surface area contributed by atoms with Gasteiger partial charge in [-0.2, -0.15) is 10.2 Å². The number of nitrogens with one attached hydrogen (secondary N) is 1. The van der Waals surface area contributed by atoms with Crippen LogP contribution in [-0.2, 0) is 14.0 Å². The number of nitrogens with zero attached hydrogens (tertiary/aromatic N) is 11. The monoisotopic (exact) mass is 944 g/mol. The molecular weight excluding hydrogens is 892 g/mol. The summed E-state index contributed by atoms with van der Waals surface area (Å²) >= 11 is 6.07. The lowest BCUT2D eigenvalue weighted by Crippen LogP contribution is -2.41. The third-order valence-electron chi connectivity index (χ3n) is 10.9. The first-order valence-electron chi connectivity index (χ1n) is 22.2. The van der Waals surface area contributed by atoms with Gasteiger partial charge < -0.3 is 30.2 Å². The standard InChI is InChI=1S/C21H24N6OS2.C20H22N6OS2.2ClH/c1-25-8-6-15(7-9-25)27(3)21-24-20-19(30-21)23-18(29-20)16-5-4-13(10-17(16)28)14-11-22-26(2)12-14;1-25-11-13(10-22-25)12-3-4-15(16(27)9-12)17-23-18-19(28-17)24-20(29-18)26(2)14-5-7-21-8-6-14;;/h4-5,10-12,15,28H,6-9H2,1-3H3;3-4,9-11,14,21,27H,5-8H2,1-2H3;2*1H/i2D3;1D3;;. The minimum absolute atomic E-state index is 0. The molecule has 0 aliphatic carbocycles. The molecule has 20 heteroatoms. The van der Waals surface area contributed by atoms with Crippen LogP contribution in [0.5, 0.6) is 11.5 Å². The maximum absolute atomic E-state index is 10.7. The number of thiazole rings is 4. The fourth-order valence-corrected chi connectivity index (χ4v) is 11.6. The largest absolute Gasteiger partial charge is 0.507 e. The lowest BCUT2D eigenvalue weighted by molar-refractivity contribution is 0.253. The van der Waals surface area contributed by atoms with Gasteiger partial charge in [-0.05, 0) is 94.3 Å². The Morgan fingerprint density at radius 1 is 0.639 bits per heavy atom. The number of phenolic OH excluding ortho intramolecular Hbond substituents is 2. The molecule has 322 valence electrons. The second kappa shape index (κ2) is 18.9. The van der Waals surface area contributed by atoms with Crippen LogP contribution in [0, 0.1) is 0 Å². The van der Waals surface area contributed by atoms with Gasteiger partial charge in [-0.25, -0.2) is 19.9 Å². The molecule has 0 amide bonds. The Balaban J connectivity index is 0.000000193. The fraction of sp³-hybridized carbons (Fsp3) is 0.366. The Labute approximate surface area is 390 Å². The van der Waals surface area contributed by atoms with Crippen molar-refractivity contribution in [3.63, 3.8) is 0 Å². The highest BCUT2D eigenvalue weighted by Gasteiger charge is 2.25. The van der Waals surface area contributed by atoms with Gasteiger partial charge in [-0.1, -0.05) is 57.5 Å². The van der Waals surface area contributed by atoms with Crippen molar-refractivity contribution >= 4 is 99.7 Å². The zero-order valence-electron chi connectivity index (χ0n) is 39.3. The van der Waals surface area contributed by atoms with E-state index in [1.165, 1.54) is 47.5 Å². The number of aromatic hydroxyl groups is 2. The molecule has 0 saturated carbocycles. The second-order valence-electron chi connectivity index (χ2n) is 14.8. The predicted molar refractivity (Wildman–Crippen MR) is 257 cm³/mol. The van der Waals surface area contributed by atoms with E-state index in [0.29, 0.717) is 55.5 Å². The lowest BCUT2D eigenvalue weighted by Gasteiger charge is -2.34. The van der Waals surface area contributed by atoms with Gasteiger partial charge >= 0.3 is 0 Å². The molecule has 0 spiro atoms. The van der Waals surface area contributed by atoms with Crippen molar-refractivity contribution in [2.24, 2.45) is 14.0 Å². The van der Waals surface area contributed by atoms with Gasteiger partial charge in [0, 0.05) is 71.9 Å². The Bertz CT molecular complexity index is 2890. The van der Waals surface area contributed by atoms with Crippen molar-refractivity contribution in [2.75, 3.05) is 57.1 Å². The molecule has 3 N–H and O–H groups in total. The fourth-order valence-electron chi connectivity index (χ4n) is 7.41. The van der Waals surface area contributed by atoms with Crippen molar-refractivity contribution < 1.29 is 18.4 Å². The number of benzene rings is 2. The molecule has 6 aromatic heterocycles. The van der Waals surface area contributed by atoms with E-state index in [1.54, 1.807) is 46.9 Å². The van der Waals surface area contributed by atoms with Gasteiger partial charge in [0.15, 0.2) is 29.6 Å². The SMILES string of the molecule is Cl.Cl.[2H]C([2H])([2H])n1cc(-c2ccc(-c3nc4sc(N(C)C5CCN(C)CC5)nc4s3)c(O)c2)cn1.[2H]C([2H])([2H])n1cc(-c2ccc(-c3nc4sc(N(C)C5CCNCC5)nc4s3)c(O)c2)cn1. The van der Waals surface area contributed by atoms with E-state index in [-0.39, 0.29) is 36.3 Å². The molecule has 0 bridgehead atoms. The number of hydrogen-bond donors (Lipinski definition) is 3. The van der Waals surface area contributed by atoms with E-state index in [0.717, 1.165) is 90.8 Å². The number of fused-ring (bicyclic) bond motifs is 2. The molecule has 10 rings (SSSR count). The summed E-state index contributed by atoms with van der Waals surface area (Å²) in [6.07, 6.45) is 10.3. The van der Waals surface area contributed by atoms with E-state index in [2.05, 4.69) is 51.4 Å². The summed E-state index contributed by atoms with van der Waals surface area (Å²) in [5, 5.41) is 35.9. The van der Waals surface area contributed by atoms with Crippen LogP contribution in [0.3, 0.4) is 0 Å². The molecule has 0 radical (unpaired) electrons. The topological polar surface area (TPSA) is 149 Å². The molecule has 61 heavy (non-hydrogen) atoms. The van der Waals surface area contributed by atoms with Gasteiger partial charge in [0.05, 0.1) is 23.5 Å². The molecule has 2 aliphatic rings. The van der Waals surface area contributed by atoms with Crippen LogP contribution in [0.2, 0.25) is 0 Å². The van der Waals surface area contributed by atoms with Gasteiger partial charge in [0.2, 0.25) is 0 Å². The molecule has 0 atom stereocenters. The number of anilines is 2. The smallest absolute Gasteiger partial charge is 0.188 e. The summed E-state index contributed by atoms with van der Waals surface area (Å²) in [4.78, 5) is 29.4. The minimum atomic E-state index is -2.33. The Hall–Kier alpha value is -4.40. The van der Waals surface area contributed by atoms with Crippen molar-refractivity contribution in [1.82, 2.24) is 49.7 Å². The quantitative estimate of drug-likeness (QED) is 0.134. The first-order chi connectivity index (χ1) is 31.0. The van der Waals surface area contributed by atoms with E-state index in [4.69, 9.17) is 28.2 Å². The van der Waals surface area contributed by atoms with Crippen LogP contribution >= 0.6 is 70.2 Å². The summed E-state index contributed by atoms with van der Waals surface area (Å²) in [6, 6.07) is 11.4. The molecule has 2 fully saturated rings. The molecule has 14 nitrogen and oxygen atoms in total. The molecule has 8 aromatic rings. The van der Waals surface area contributed by atoms with Crippen molar-refractivity contribution in [3.05, 3.63) is 61.2 Å². The highest BCUT2D eigenvalue weighted by Crippen LogP contribution is 2.42. The van der Waals surface area contributed by atoms with E-state index < -0.39 is 14.0 Å². The van der Waals surface area contributed by atoms with E-state index in [1.807, 2.05) is 12.1 Å². The van der Waals surface area contributed by atoms with E-state index in [9.17, 15) is 10.2 Å². The van der Waals surface area contributed by atoms with Gasteiger partial charge in [-0.15, -0.1) is 24.8 Å². The van der Waals surface area contributed by atoms with Crippen LogP contribution in [0.4, 0.5) is 10.3 Å². The number of rotatable bonds is 8. The molecule has 8 heterocycles. The second-order valence-corrected chi connectivity index (χ2v) is 18.7. The minimum Gasteiger partial charge on any atom is -0.507 e. The first-order valence-corrected chi connectivity index (χ1v) is 22.4. The number of piperidine rings is 2. The Morgan fingerprint density at radius 3 is 1.49 bits per heavy atom. The number of halogens is 2. The Kier molecular flexibility index (Phi) is 11.5. The zero-order chi connectivity index (χ0) is 45.8. The van der Waals surface area contributed by atoms with Crippen molar-refractivity contribution in [3.8, 4) is 54.9 Å². The molecule has 2 saturated heterocycles. The summed E-state index contributed by atoms with van der Waals surface area (Å²) in [7, 11) is 6.36. The third-order valence-corrected chi connectivity index (χ3v) is 15.2. The molecular formula is C41H48Cl2N12O2S4. The van der Waals surface area contributed by atoms with Crippen LogP contribution < -0.4 is 15.1 Å². The average molecular weight is 946 g/mol. The average Bonchev–Trinajstić information content (AvgIpc) is 4.13. The highest BCUT2D eigenvalue weighted by molar-refractivity contribution is 7.30. The predicted octanol–water partition coefficient (Wildman–Crippen LogP) is 8.61. The Morgan fingerprint density at radius 2 is 1.08 bits per heavy atom. The van der Waals surface area contributed by atoms with Crippen molar-refractivity contribution in [2.45, 2.75) is 37.8 Å². The summed E-state index contributed by atoms with van der Waals surface area (Å²) in [5.74, 6) is 0.164. The number of hydrogen-bond acceptors (Lipinski definition) is 16. The maximum Gasteiger partial charge on any atom is 0.188 e. The van der Waals surface area contributed by atoms with E-state index >= 15 is 0 Å². The lowest BCUT2D eigenvalue weighted by atomic mass is 10.0. The van der Waals surface area contributed by atoms with Crippen LogP contribution in [0.1, 0.15) is 33.9 Å². The molecule has 2 aliphatic heterocycles. The summed E-state index contributed by atoms with van der Waals surface area (Å²) in [5.41, 5.74) is 3.86.